The van der Waals surface area contributed by atoms with E-state index in [1.807, 2.05) is 25.1 Å². The molecule has 42 heavy (non-hydrogen) atoms. The number of nitrogens with one attached hydrogen (secondary N) is 3. The van der Waals surface area contributed by atoms with Crippen LogP contribution in [0.15, 0.2) is 84.0 Å². The Bertz CT molecular complexity index is 1860. The lowest BCUT2D eigenvalue weighted by atomic mass is 10.0. The average Bonchev–Trinajstić information content (AvgIpc) is 2.99. The van der Waals surface area contributed by atoms with Crippen molar-refractivity contribution < 1.29 is 13.2 Å². The summed E-state index contributed by atoms with van der Waals surface area (Å²) in [5.74, 6) is 1.31. The highest BCUT2D eigenvalue weighted by atomic mass is 35.5. The second-order valence-corrected chi connectivity index (χ2v) is 12.0. The minimum Gasteiger partial charge on any atom is -0.436 e. The maximum atomic E-state index is 13.2. The van der Waals surface area contributed by atoms with Crippen molar-refractivity contribution in [2.45, 2.75) is 30.7 Å². The highest BCUT2D eigenvalue weighted by molar-refractivity contribution is 7.92. The molecule has 0 amide bonds. The Morgan fingerprint density at radius 2 is 1.88 bits per heavy atom. The molecule has 1 saturated heterocycles. The molecule has 1 atom stereocenters. The van der Waals surface area contributed by atoms with E-state index in [2.05, 4.69) is 30.5 Å². The van der Waals surface area contributed by atoms with E-state index in [0.717, 1.165) is 31.5 Å². The molecular weight excluding hydrogens is 574 g/mol. The van der Waals surface area contributed by atoms with Crippen LogP contribution in [0, 0.1) is 6.92 Å². The van der Waals surface area contributed by atoms with E-state index in [-0.39, 0.29) is 21.8 Å². The second-order valence-electron chi connectivity index (χ2n) is 9.95. The van der Waals surface area contributed by atoms with Gasteiger partial charge in [0.25, 0.3) is 10.0 Å². The molecule has 3 aromatic carbocycles. The highest BCUT2D eigenvalue weighted by Gasteiger charge is 2.21. The number of aromatic nitrogens is 4. The van der Waals surface area contributed by atoms with Crippen LogP contribution in [0.1, 0.15) is 18.4 Å². The van der Waals surface area contributed by atoms with Crippen LogP contribution in [0.4, 0.5) is 11.6 Å². The lowest BCUT2D eigenvalue weighted by Crippen LogP contribution is -2.38. The third-order valence-electron chi connectivity index (χ3n) is 7.03. The first-order chi connectivity index (χ1) is 20.4. The topological polar surface area (TPSA) is 131 Å². The Hall–Kier alpha value is -4.32. The van der Waals surface area contributed by atoms with Gasteiger partial charge in [-0.05, 0) is 62.2 Å². The largest absolute Gasteiger partial charge is 0.436 e. The molecular formula is C30H28ClN7O3S. The molecule has 0 spiro atoms. The first-order valence-electron chi connectivity index (χ1n) is 13.5. The molecule has 0 aliphatic carbocycles. The summed E-state index contributed by atoms with van der Waals surface area (Å²) in [6, 6.07) is 19.2. The van der Waals surface area contributed by atoms with Gasteiger partial charge in [-0.25, -0.2) is 18.4 Å². The quantitative estimate of drug-likeness (QED) is 0.202. The minimum atomic E-state index is -3.94. The number of benzene rings is 3. The number of sulfonamides is 1. The lowest BCUT2D eigenvalue weighted by molar-refractivity contribution is 0.459. The zero-order chi connectivity index (χ0) is 29.1. The molecule has 3 heterocycles. The number of hydrogen-bond acceptors (Lipinski definition) is 9. The number of fused-ring (bicyclic) bond motifs is 1. The summed E-state index contributed by atoms with van der Waals surface area (Å²) in [7, 11) is -3.94. The molecule has 1 fully saturated rings. The van der Waals surface area contributed by atoms with Crippen molar-refractivity contribution in [3.05, 3.63) is 89.7 Å². The molecule has 2 aromatic heterocycles. The van der Waals surface area contributed by atoms with E-state index >= 15 is 0 Å². The van der Waals surface area contributed by atoms with Gasteiger partial charge in [-0.2, -0.15) is 5.10 Å². The Balaban J connectivity index is 1.34. The van der Waals surface area contributed by atoms with Gasteiger partial charge in [-0.3, -0.25) is 4.72 Å². The number of nitrogens with zero attached hydrogens (tertiary/aromatic N) is 4. The fourth-order valence-corrected chi connectivity index (χ4v) is 6.55. The van der Waals surface area contributed by atoms with Gasteiger partial charge in [-0.15, -0.1) is 5.10 Å². The number of hydrogen-bond donors (Lipinski definition) is 3. The molecule has 214 valence electrons. The number of piperidine rings is 1. The van der Waals surface area contributed by atoms with Crippen molar-refractivity contribution in [1.82, 2.24) is 25.5 Å². The Kier molecular flexibility index (Phi) is 7.88. The van der Waals surface area contributed by atoms with Crippen molar-refractivity contribution in [2.75, 3.05) is 23.1 Å². The van der Waals surface area contributed by atoms with Gasteiger partial charge in [0, 0.05) is 29.6 Å². The second kappa shape index (κ2) is 11.9. The van der Waals surface area contributed by atoms with E-state index in [9.17, 15) is 8.42 Å². The SMILES string of the molecule is Cc1ccc2c(NS(=O)(=O)c3ccccc3Cl)cccc2c1Oc1nnccc1-c1ccnc(NC2CCCNC2)n1. The minimum absolute atomic E-state index is 0.00471. The molecule has 3 N–H and O–H groups in total. The predicted molar refractivity (Wildman–Crippen MR) is 164 cm³/mol. The van der Waals surface area contributed by atoms with E-state index in [1.54, 1.807) is 48.8 Å². The normalized spacial score (nSPS) is 15.3. The van der Waals surface area contributed by atoms with Crippen LogP contribution in [0.2, 0.25) is 5.02 Å². The van der Waals surface area contributed by atoms with Gasteiger partial charge in [0.05, 0.1) is 28.2 Å². The zero-order valence-corrected chi connectivity index (χ0v) is 24.3. The maximum Gasteiger partial charge on any atom is 0.263 e. The zero-order valence-electron chi connectivity index (χ0n) is 22.7. The summed E-state index contributed by atoms with van der Waals surface area (Å²) in [4.78, 5) is 9.13. The molecule has 10 nitrogen and oxygen atoms in total. The summed E-state index contributed by atoms with van der Waals surface area (Å²) in [5, 5.41) is 16.6. The van der Waals surface area contributed by atoms with Crippen molar-refractivity contribution in [2.24, 2.45) is 0 Å². The number of anilines is 2. The van der Waals surface area contributed by atoms with E-state index in [1.165, 1.54) is 12.1 Å². The predicted octanol–water partition coefficient (Wildman–Crippen LogP) is 5.81. The fourth-order valence-electron chi connectivity index (χ4n) is 4.95. The van der Waals surface area contributed by atoms with Crippen molar-refractivity contribution >= 4 is 44.0 Å². The van der Waals surface area contributed by atoms with Gasteiger partial charge in [0.2, 0.25) is 11.8 Å². The summed E-state index contributed by atoms with van der Waals surface area (Å²) in [6.45, 7) is 3.79. The molecule has 1 aliphatic heterocycles. The van der Waals surface area contributed by atoms with Gasteiger partial charge in [0.15, 0.2) is 0 Å². The van der Waals surface area contributed by atoms with Crippen LogP contribution in [-0.2, 0) is 10.0 Å². The molecule has 0 radical (unpaired) electrons. The van der Waals surface area contributed by atoms with Gasteiger partial charge >= 0.3 is 0 Å². The molecule has 1 aliphatic rings. The standard InChI is InChI=1S/C30H28ClN7O3S/c1-19-11-12-21-22(7-4-9-26(21)38-42(39,40)27-10-3-2-8-24(27)31)28(19)41-29-23(13-17-34-37-29)25-14-16-33-30(36-25)35-20-6-5-15-32-18-20/h2-4,7-14,16-17,20,32,38H,5-6,15,18H2,1H3,(H,33,35,36). The van der Waals surface area contributed by atoms with Crippen molar-refractivity contribution in [3.63, 3.8) is 0 Å². The number of rotatable bonds is 8. The van der Waals surface area contributed by atoms with E-state index in [4.69, 9.17) is 21.3 Å². The summed E-state index contributed by atoms with van der Waals surface area (Å²) >= 11 is 6.19. The number of ether oxygens (including phenoxy) is 1. The van der Waals surface area contributed by atoms with E-state index in [0.29, 0.717) is 39.4 Å². The Morgan fingerprint density at radius 1 is 1.00 bits per heavy atom. The number of aryl methyl sites for hydroxylation is 1. The lowest BCUT2D eigenvalue weighted by Gasteiger charge is -2.23. The molecule has 5 aromatic rings. The molecule has 12 heteroatoms. The van der Waals surface area contributed by atoms with Crippen LogP contribution in [0.25, 0.3) is 22.0 Å². The van der Waals surface area contributed by atoms with Gasteiger partial charge < -0.3 is 15.4 Å². The van der Waals surface area contributed by atoms with E-state index < -0.39 is 10.0 Å². The van der Waals surface area contributed by atoms with Crippen LogP contribution in [-0.4, -0.2) is 47.7 Å². The highest BCUT2D eigenvalue weighted by Crippen LogP contribution is 2.39. The van der Waals surface area contributed by atoms with Crippen LogP contribution < -0.4 is 20.1 Å². The third kappa shape index (κ3) is 5.85. The number of halogens is 1. The summed E-state index contributed by atoms with van der Waals surface area (Å²) < 4.78 is 35.5. The summed E-state index contributed by atoms with van der Waals surface area (Å²) in [5.41, 5.74) is 2.50. The first kappa shape index (κ1) is 27.8. The van der Waals surface area contributed by atoms with Crippen molar-refractivity contribution in [1.29, 1.82) is 0 Å². The maximum absolute atomic E-state index is 13.2. The van der Waals surface area contributed by atoms with Crippen LogP contribution in [0.3, 0.4) is 0 Å². The monoisotopic (exact) mass is 601 g/mol. The van der Waals surface area contributed by atoms with Crippen LogP contribution >= 0.6 is 11.6 Å². The average molecular weight is 602 g/mol. The van der Waals surface area contributed by atoms with Gasteiger partial charge in [0.1, 0.15) is 10.6 Å². The fraction of sp³-hybridized carbons (Fsp3) is 0.200. The Labute approximate surface area is 248 Å². The summed E-state index contributed by atoms with van der Waals surface area (Å²) in [6.07, 6.45) is 5.42. The third-order valence-corrected chi connectivity index (χ3v) is 8.89. The Morgan fingerprint density at radius 3 is 2.71 bits per heavy atom. The molecule has 6 rings (SSSR count). The first-order valence-corrected chi connectivity index (χ1v) is 15.3. The smallest absolute Gasteiger partial charge is 0.263 e. The van der Waals surface area contributed by atoms with Crippen LogP contribution in [0.5, 0.6) is 11.6 Å². The molecule has 0 bridgehead atoms. The molecule has 0 saturated carbocycles. The van der Waals surface area contributed by atoms with Gasteiger partial charge in [-0.1, -0.05) is 48.0 Å². The molecule has 1 unspecified atom stereocenters. The van der Waals surface area contributed by atoms with Crippen molar-refractivity contribution in [3.8, 4) is 22.9 Å².